The Labute approximate surface area is 98.3 Å². The van der Waals surface area contributed by atoms with Crippen molar-refractivity contribution in [1.29, 1.82) is 0 Å². The first-order valence-corrected chi connectivity index (χ1v) is 6.50. The van der Waals surface area contributed by atoms with Gasteiger partial charge >= 0.3 is 0 Å². The lowest BCUT2D eigenvalue weighted by Gasteiger charge is -1.99. The van der Waals surface area contributed by atoms with Crippen LogP contribution in [0.5, 0.6) is 0 Å². The van der Waals surface area contributed by atoms with Gasteiger partial charge in [-0.3, -0.25) is 0 Å². The van der Waals surface area contributed by atoms with Gasteiger partial charge in [-0.05, 0) is 34.3 Å². The molecule has 0 aliphatic rings. The summed E-state index contributed by atoms with van der Waals surface area (Å²) in [5, 5.41) is 15.1. The maximum absolute atomic E-state index is 3.99. The molecule has 0 atom stereocenters. The zero-order valence-electron chi connectivity index (χ0n) is 7.45. The van der Waals surface area contributed by atoms with Crippen LogP contribution in [0.2, 0.25) is 0 Å². The van der Waals surface area contributed by atoms with Gasteiger partial charge in [-0.2, -0.15) is 0 Å². The molecule has 0 aliphatic carbocycles. The van der Waals surface area contributed by atoms with Crippen LogP contribution in [0.3, 0.4) is 0 Å². The van der Waals surface area contributed by atoms with Gasteiger partial charge in [0.1, 0.15) is 5.01 Å². The third-order valence-corrected chi connectivity index (χ3v) is 4.34. The van der Waals surface area contributed by atoms with Crippen molar-refractivity contribution in [3.05, 3.63) is 25.8 Å². The molecule has 74 valence electrons. The van der Waals surface area contributed by atoms with Gasteiger partial charge in [0.15, 0.2) is 0 Å². The van der Waals surface area contributed by atoms with Gasteiger partial charge in [0, 0.05) is 9.35 Å². The van der Waals surface area contributed by atoms with Crippen LogP contribution >= 0.6 is 38.6 Å². The Morgan fingerprint density at radius 1 is 1.50 bits per heavy atom. The van der Waals surface area contributed by atoms with Crippen LogP contribution in [0.1, 0.15) is 9.88 Å². The number of nitrogens with zero attached hydrogens (tertiary/aromatic N) is 2. The zero-order chi connectivity index (χ0) is 9.97. The minimum Gasteiger partial charge on any atom is -0.355 e. The van der Waals surface area contributed by atoms with Crippen molar-refractivity contribution in [3.63, 3.8) is 0 Å². The second-order valence-electron chi connectivity index (χ2n) is 2.67. The lowest BCUT2D eigenvalue weighted by atomic mass is 10.5. The third kappa shape index (κ3) is 2.31. The molecular formula is C8H8BrN3S2. The fraction of sp³-hybridized carbons (Fsp3) is 0.250. The van der Waals surface area contributed by atoms with E-state index in [0.717, 1.165) is 21.2 Å². The molecule has 0 aliphatic heterocycles. The van der Waals surface area contributed by atoms with Crippen molar-refractivity contribution in [3.8, 4) is 0 Å². The summed E-state index contributed by atoms with van der Waals surface area (Å²) in [6, 6.07) is 2.05. The molecule has 0 saturated heterocycles. The van der Waals surface area contributed by atoms with Gasteiger partial charge in [0.25, 0.3) is 0 Å². The van der Waals surface area contributed by atoms with E-state index in [1.54, 1.807) is 22.7 Å². The highest BCUT2D eigenvalue weighted by Crippen LogP contribution is 2.24. The van der Waals surface area contributed by atoms with E-state index in [0.29, 0.717) is 0 Å². The summed E-state index contributed by atoms with van der Waals surface area (Å²) in [7, 11) is 0. The monoisotopic (exact) mass is 289 g/mol. The molecule has 14 heavy (non-hydrogen) atoms. The van der Waals surface area contributed by atoms with E-state index in [9.17, 15) is 0 Å². The maximum atomic E-state index is 3.99. The average Bonchev–Trinajstić information content (AvgIpc) is 2.72. The Kier molecular flexibility index (Phi) is 3.15. The Morgan fingerprint density at radius 2 is 2.36 bits per heavy atom. The number of hydrogen-bond acceptors (Lipinski definition) is 5. The minimum absolute atomic E-state index is 0.798. The van der Waals surface area contributed by atoms with Gasteiger partial charge < -0.3 is 5.32 Å². The zero-order valence-corrected chi connectivity index (χ0v) is 10.7. The van der Waals surface area contributed by atoms with Crippen molar-refractivity contribution in [2.45, 2.75) is 13.5 Å². The molecule has 2 heterocycles. The predicted octanol–water partition coefficient (Wildman–Crippen LogP) is 3.28. The smallest absolute Gasteiger partial charge is 0.205 e. The summed E-state index contributed by atoms with van der Waals surface area (Å²) in [5.74, 6) is 0. The topological polar surface area (TPSA) is 37.8 Å². The first-order chi connectivity index (χ1) is 6.75. The average molecular weight is 290 g/mol. The molecule has 2 rings (SSSR count). The number of thiophene rings is 1. The van der Waals surface area contributed by atoms with Crippen LogP contribution in [0.15, 0.2) is 15.9 Å². The van der Waals surface area contributed by atoms with Gasteiger partial charge in [-0.15, -0.1) is 21.5 Å². The summed E-state index contributed by atoms with van der Waals surface area (Å²) in [6.45, 7) is 2.75. The minimum atomic E-state index is 0.798. The van der Waals surface area contributed by atoms with E-state index in [2.05, 4.69) is 36.8 Å². The number of rotatable bonds is 3. The van der Waals surface area contributed by atoms with Crippen LogP contribution in [0.25, 0.3) is 0 Å². The van der Waals surface area contributed by atoms with Crippen molar-refractivity contribution in [1.82, 2.24) is 10.2 Å². The summed E-state index contributed by atoms with van der Waals surface area (Å²) >= 11 is 6.78. The Bertz CT molecular complexity index is 424. The number of aromatic nitrogens is 2. The number of aryl methyl sites for hydroxylation is 1. The van der Waals surface area contributed by atoms with Crippen molar-refractivity contribution >= 4 is 43.7 Å². The SMILES string of the molecule is Cc1nnc(NCc2sccc2Br)s1. The van der Waals surface area contributed by atoms with Gasteiger partial charge in [0.2, 0.25) is 5.13 Å². The Hall–Kier alpha value is -0.460. The summed E-state index contributed by atoms with van der Waals surface area (Å²) < 4.78 is 1.15. The van der Waals surface area contributed by atoms with Crippen molar-refractivity contribution in [2.75, 3.05) is 5.32 Å². The van der Waals surface area contributed by atoms with E-state index >= 15 is 0 Å². The Morgan fingerprint density at radius 3 is 2.93 bits per heavy atom. The number of nitrogens with one attached hydrogen (secondary N) is 1. The molecule has 3 nitrogen and oxygen atoms in total. The number of hydrogen-bond donors (Lipinski definition) is 1. The quantitative estimate of drug-likeness (QED) is 0.942. The predicted molar refractivity (Wildman–Crippen MR) is 64.0 cm³/mol. The van der Waals surface area contributed by atoms with Gasteiger partial charge in [-0.1, -0.05) is 11.3 Å². The van der Waals surface area contributed by atoms with Crippen molar-refractivity contribution in [2.24, 2.45) is 0 Å². The summed E-state index contributed by atoms with van der Waals surface area (Å²) in [4.78, 5) is 1.28. The highest BCUT2D eigenvalue weighted by molar-refractivity contribution is 9.10. The normalized spacial score (nSPS) is 10.4. The van der Waals surface area contributed by atoms with E-state index in [4.69, 9.17) is 0 Å². The first kappa shape index (κ1) is 10.1. The van der Waals surface area contributed by atoms with Crippen molar-refractivity contribution < 1.29 is 0 Å². The van der Waals surface area contributed by atoms with Crippen LogP contribution in [-0.4, -0.2) is 10.2 Å². The standard InChI is InChI=1S/C8H8BrN3S2/c1-5-11-12-8(14-5)10-4-7-6(9)2-3-13-7/h2-3H,4H2,1H3,(H,10,12). The second kappa shape index (κ2) is 4.37. The van der Waals surface area contributed by atoms with Crippen LogP contribution < -0.4 is 5.32 Å². The molecule has 0 saturated carbocycles. The molecule has 0 unspecified atom stereocenters. The summed E-state index contributed by atoms with van der Waals surface area (Å²) in [6.07, 6.45) is 0. The van der Waals surface area contributed by atoms with Crippen LogP contribution in [0.4, 0.5) is 5.13 Å². The lowest BCUT2D eigenvalue weighted by molar-refractivity contribution is 1.03. The van der Waals surface area contributed by atoms with E-state index in [1.807, 2.05) is 13.0 Å². The molecule has 0 fully saturated rings. The number of halogens is 1. The van der Waals surface area contributed by atoms with E-state index in [1.165, 1.54) is 4.88 Å². The summed E-state index contributed by atoms with van der Waals surface area (Å²) in [5.41, 5.74) is 0. The van der Waals surface area contributed by atoms with E-state index in [-0.39, 0.29) is 0 Å². The highest BCUT2D eigenvalue weighted by Gasteiger charge is 2.03. The molecule has 0 amide bonds. The largest absolute Gasteiger partial charge is 0.355 e. The molecule has 1 N–H and O–H groups in total. The second-order valence-corrected chi connectivity index (χ2v) is 5.71. The Balaban J connectivity index is 1.98. The third-order valence-electron chi connectivity index (χ3n) is 1.62. The maximum Gasteiger partial charge on any atom is 0.205 e. The van der Waals surface area contributed by atoms with Crippen LogP contribution in [0, 0.1) is 6.92 Å². The van der Waals surface area contributed by atoms with Gasteiger partial charge in [-0.25, -0.2) is 0 Å². The lowest BCUT2D eigenvalue weighted by Crippen LogP contribution is -1.97. The molecule has 0 bridgehead atoms. The molecule has 2 aromatic heterocycles. The number of anilines is 1. The highest BCUT2D eigenvalue weighted by atomic mass is 79.9. The molecule has 0 spiro atoms. The molecule has 0 aromatic carbocycles. The molecular weight excluding hydrogens is 282 g/mol. The first-order valence-electron chi connectivity index (χ1n) is 4.01. The van der Waals surface area contributed by atoms with E-state index < -0.39 is 0 Å². The molecule has 0 radical (unpaired) electrons. The fourth-order valence-corrected chi connectivity index (χ4v) is 2.99. The fourth-order valence-electron chi connectivity index (χ4n) is 0.975. The van der Waals surface area contributed by atoms with Gasteiger partial charge in [0.05, 0.1) is 6.54 Å². The van der Waals surface area contributed by atoms with Crippen LogP contribution in [-0.2, 0) is 6.54 Å². The molecule has 6 heteroatoms. The molecule has 2 aromatic rings.